The van der Waals surface area contributed by atoms with Crippen molar-refractivity contribution < 1.29 is 46.3 Å². The number of nitrogens with zero attached hydrogens (tertiary/aromatic N) is 4. The van der Waals surface area contributed by atoms with Crippen LogP contribution in [0.5, 0.6) is 0 Å². The van der Waals surface area contributed by atoms with E-state index >= 15 is 0 Å². The molecule has 5 aliphatic rings. The van der Waals surface area contributed by atoms with Crippen LogP contribution >= 0.6 is 0 Å². The minimum absolute atomic E-state index is 0.00186. The summed E-state index contributed by atoms with van der Waals surface area (Å²) in [5.41, 5.74) is -0.650. The first-order chi connectivity index (χ1) is 29.8. The zero-order chi connectivity index (χ0) is 44.0. The Balaban J connectivity index is 1.13. The Bertz CT molecular complexity index is 2130. The molecule has 2 aromatic rings. The fourth-order valence-corrected chi connectivity index (χ4v) is 10.2. The van der Waals surface area contributed by atoms with Gasteiger partial charge in [-0.25, -0.2) is 32.1 Å². The third-order valence-corrected chi connectivity index (χ3v) is 14.0. The van der Waals surface area contributed by atoms with Crippen LogP contribution in [-0.2, 0) is 33.9 Å². The van der Waals surface area contributed by atoms with Gasteiger partial charge in [-0.15, -0.1) is 6.58 Å². The van der Waals surface area contributed by atoms with Gasteiger partial charge in [0.05, 0.1) is 12.2 Å². The Labute approximate surface area is 361 Å². The first-order valence-electron chi connectivity index (χ1n) is 21.7. The summed E-state index contributed by atoms with van der Waals surface area (Å²) in [6, 6.07) is 4.72. The normalized spacial score (nSPS) is 27.5. The minimum Gasteiger partial charge on any atom is -0.446 e. The molecular formula is C43H57FN8O9S. The standard InChI is InChI=1S/C43H57FN8O9S/c1-3-29-26-43(29)40(55)49-62(58,59)36-24-30(44)16-17-33(36)45-18-10-6-4-5-7-15-34(47-41(56)60-31-13-8-9-14-31)39(54)52-27-32(25-35(52)38(53)48-43)61-42(57)51-22-20-50(21-23-51)37-28(2)12-11-19-46-37/h3,11-12,16-17,19,24,29,31-32,34-35,45H,1,4-10,13-15,18,20-23,25-27H2,2H3,(H,47,56)(H,48,53)(H,49,55)/t29-,32-,34+,35+,43-/m1/s1. The Morgan fingerprint density at radius 3 is 2.42 bits per heavy atom. The van der Waals surface area contributed by atoms with Crippen molar-refractivity contribution in [2.24, 2.45) is 5.92 Å². The SMILES string of the molecule is C=C[C@@H]1C[C@@]12NC(=O)[C@@H]1C[C@@H](OC(=O)N3CCN(c4ncccc4C)CC3)CN1C(=O)[C@@H](NC(=O)OC1CCCC1)CCCCCCCNc1ccc(F)cc1S(=O)(=O)NC2=O. The topological polar surface area (TPSA) is 209 Å². The monoisotopic (exact) mass is 880 g/mol. The van der Waals surface area contributed by atoms with E-state index in [4.69, 9.17) is 9.47 Å². The molecule has 5 atom stereocenters. The predicted molar refractivity (Wildman–Crippen MR) is 226 cm³/mol. The van der Waals surface area contributed by atoms with E-state index in [0.29, 0.717) is 52.0 Å². The van der Waals surface area contributed by atoms with E-state index < -0.39 is 80.3 Å². The number of anilines is 2. The Morgan fingerprint density at radius 2 is 1.69 bits per heavy atom. The predicted octanol–water partition coefficient (Wildman–Crippen LogP) is 4.13. The van der Waals surface area contributed by atoms with Gasteiger partial charge < -0.3 is 40.1 Å². The van der Waals surface area contributed by atoms with Gasteiger partial charge in [-0.2, -0.15) is 0 Å². The average Bonchev–Trinajstić information content (AvgIpc) is 3.49. The van der Waals surface area contributed by atoms with Crippen LogP contribution in [0.4, 0.5) is 25.5 Å². The summed E-state index contributed by atoms with van der Waals surface area (Å²) in [6.07, 6.45) is 7.41. The Kier molecular flexibility index (Phi) is 13.9. The van der Waals surface area contributed by atoms with Gasteiger partial charge in [0.15, 0.2) is 0 Å². The maximum atomic E-state index is 14.6. The highest BCUT2D eigenvalue weighted by atomic mass is 32.2. The largest absolute Gasteiger partial charge is 0.446 e. The molecule has 4 fully saturated rings. The van der Waals surface area contributed by atoms with Crippen molar-refractivity contribution in [3.63, 3.8) is 0 Å². The van der Waals surface area contributed by atoms with Crippen LogP contribution in [0.25, 0.3) is 0 Å². The number of alkyl carbamates (subject to hydrolysis) is 1. The van der Waals surface area contributed by atoms with Gasteiger partial charge in [0.25, 0.3) is 15.9 Å². The van der Waals surface area contributed by atoms with E-state index in [2.05, 4.69) is 37.1 Å². The first-order valence-corrected chi connectivity index (χ1v) is 23.2. The average molecular weight is 881 g/mol. The summed E-state index contributed by atoms with van der Waals surface area (Å²) in [5.74, 6) is -3.10. The van der Waals surface area contributed by atoms with Gasteiger partial charge >= 0.3 is 12.2 Å². The van der Waals surface area contributed by atoms with Gasteiger partial charge in [-0.05, 0) is 81.7 Å². The quantitative estimate of drug-likeness (QED) is 0.313. The molecule has 62 heavy (non-hydrogen) atoms. The number of halogens is 1. The van der Waals surface area contributed by atoms with Crippen LogP contribution in [0.2, 0.25) is 0 Å². The number of nitrogens with one attached hydrogen (secondary N) is 4. The lowest BCUT2D eigenvalue weighted by atomic mass is 10.0. The van der Waals surface area contributed by atoms with E-state index in [-0.39, 0.29) is 37.6 Å². The number of amides is 5. The minimum atomic E-state index is -4.66. The van der Waals surface area contributed by atoms with Crippen molar-refractivity contribution in [3.8, 4) is 0 Å². The molecule has 2 aliphatic carbocycles. The first kappa shape index (κ1) is 44.6. The number of benzene rings is 1. The summed E-state index contributed by atoms with van der Waals surface area (Å²) in [7, 11) is -4.66. The van der Waals surface area contributed by atoms with Gasteiger partial charge in [0, 0.05) is 51.3 Å². The molecule has 17 nitrogen and oxygen atoms in total. The zero-order valence-corrected chi connectivity index (χ0v) is 35.9. The number of hydrogen-bond acceptors (Lipinski definition) is 12. The van der Waals surface area contributed by atoms with E-state index in [1.165, 1.54) is 17.0 Å². The van der Waals surface area contributed by atoms with Crippen molar-refractivity contribution in [3.05, 3.63) is 60.6 Å². The summed E-state index contributed by atoms with van der Waals surface area (Å²) in [6.45, 7) is 7.64. The second-order valence-electron chi connectivity index (χ2n) is 16.9. The molecule has 3 aliphatic heterocycles. The number of piperazine rings is 1. The lowest BCUT2D eigenvalue weighted by Crippen LogP contribution is -2.58. The smallest absolute Gasteiger partial charge is 0.410 e. The number of carbonyl (C=O) groups is 5. The second-order valence-corrected chi connectivity index (χ2v) is 18.6. The maximum absolute atomic E-state index is 14.6. The molecular weight excluding hydrogens is 824 g/mol. The molecule has 2 saturated carbocycles. The fourth-order valence-electron chi connectivity index (χ4n) is 8.99. The number of ether oxygens (including phenoxy) is 2. The highest BCUT2D eigenvalue weighted by molar-refractivity contribution is 7.90. The molecule has 1 aromatic heterocycles. The van der Waals surface area contributed by atoms with E-state index in [0.717, 1.165) is 62.0 Å². The van der Waals surface area contributed by atoms with Gasteiger partial charge in [0.2, 0.25) is 11.8 Å². The van der Waals surface area contributed by atoms with Gasteiger partial charge in [0.1, 0.15) is 46.4 Å². The highest BCUT2D eigenvalue weighted by Gasteiger charge is 2.61. The highest BCUT2D eigenvalue weighted by Crippen LogP contribution is 2.45. The van der Waals surface area contributed by atoms with Crippen LogP contribution in [0.1, 0.15) is 82.6 Å². The van der Waals surface area contributed by atoms with Crippen molar-refractivity contribution >= 4 is 51.4 Å². The number of carbonyl (C=O) groups excluding carboxylic acids is 5. The van der Waals surface area contributed by atoms with Crippen molar-refractivity contribution in [2.45, 2.75) is 119 Å². The number of aryl methyl sites for hydroxylation is 1. The third kappa shape index (κ3) is 10.2. The second kappa shape index (κ2) is 19.3. The molecule has 0 unspecified atom stereocenters. The summed E-state index contributed by atoms with van der Waals surface area (Å²) < 4.78 is 55.7. The number of rotatable bonds is 5. The molecule has 19 heteroatoms. The number of aromatic nitrogens is 1. The van der Waals surface area contributed by atoms with Crippen LogP contribution in [0.3, 0.4) is 0 Å². The van der Waals surface area contributed by atoms with Crippen molar-refractivity contribution in [2.75, 3.05) is 49.5 Å². The lowest BCUT2D eigenvalue weighted by molar-refractivity contribution is -0.141. The fraction of sp³-hybridized carbons (Fsp3) is 0.581. The summed E-state index contributed by atoms with van der Waals surface area (Å²) in [4.78, 5) is 78.9. The van der Waals surface area contributed by atoms with Crippen LogP contribution in [0, 0.1) is 18.7 Å². The Morgan fingerprint density at radius 1 is 0.968 bits per heavy atom. The number of pyridine rings is 1. The Hall–Kier alpha value is -5.46. The van der Waals surface area contributed by atoms with Crippen LogP contribution in [0.15, 0.2) is 54.1 Å². The molecule has 5 amide bonds. The van der Waals surface area contributed by atoms with Gasteiger partial charge in [-0.1, -0.05) is 37.8 Å². The summed E-state index contributed by atoms with van der Waals surface area (Å²) in [5, 5.41) is 8.55. The van der Waals surface area contributed by atoms with E-state index in [1.807, 2.05) is 19.1 Å². The van der Waals surface area contributed by atoms with Gasteiger partial charge in [-0.3, -0.25) is 14.4 Å². The molecule has 4 heterocycles. The molecule has 1 spiro atoms. The number of hydrogen-bond donors (Lipinski definition) is 4. The molecule has 0 bridgehead atoms. The van der Waals surface area contributed by atoms with Crippen LogP contribution in [-0.4, -0.2) is 122 Å². The molecule has 0 radical (unpaired) electrons. The maximum Gasteiger partial charge on any atom is 0.410 e. The van der Waals surface area contributed by atoms with Crippen LogP contribution < -0.4 is 25.6 Å². The molecule has 2 saturated heterocycles. The number of sulfonamides is 1. The van der Waals surface area contributed by atoms with Crippen molar-refractivity contribution in [1.82, 2.24) is 30.1 Å². The molecule has 1 aromatic carbocycles. The summed E-state index contributed by atoms with van der Waals surface area (Å²) >= 11 is 0. The zero-order valence-electron chi connectivity index (χ0n) is 35.1. The number of fused-ring (bicyclic) bond motifs is 2. The third-order valence-electron chi connectivity index (χ3n) is 12.6. The lowest BCUT2D eigenvalue weighted by Gasteiger charge is -2.35. The van der Waals surface area contributed by atoms with E-state index in [9.17, 15) is 36.8 Å². The van der Waals surface area contributed by atoms with E-state index in [1.54, 1.807) is 11.1 Å². The molecule has 336 valence electrons. The molecule has 7 rings (SSSR count). The molecule has 4 N–H and O–H groups in total. The van der Waals surface area contributed by atoms with Crippen molar-refractivity contribution in [1.29, 1.82) is 0 Å².